The standard InChI is InChI=1S/C16H24ClN3/c1-4-12(5-2)9-20-10-13-14(17)6-7-15(18)16(13)19-8-11(20)3/h4,6-7,11,19H,5,8-10,18H2,1-3H3/b12-4+/t11-/m0/s1. The molecule has 0 aliphatic carbocycles. The van der Waals surface area contributed by atoms with E-state index in [-0.39, 0.29) is 0 Å². The van der Waals surface area contributed by atoms with Crippen LogP contribution in [0.5, 0.6) is 0 Å². The zero-order valence-corrected chi connectivity index (χ0v) is 13.3. The van der Waals surface area contributed by atoms with Crippen LogP contribution in [0.2, 0.25) is 5.02 Å². The van der Waals surface area contributed by atoms with Crippen LogP contribution in [0.1, 0.15) is 32.8 Å². The highest BCUT2D eigenvalue weighted by atomic mass is 35.5. The molecule has 1 aliphatic rings. The van der Waals surface area contributed by atoms with Gasteiger partial charge in [0.15, 0.2) is 0 Å². The smallest absolute Gasteiger partial charge is 0.0635 e. The van der Waals surface area contributed by atoms with Crippen LogP contribution in [-0.4, -0.2) is 24.0 Å². The number of fused-ring (bicyclic) bond motifs is 1. The summed E-state index contributed by atoms with van der Waals surface area (Å²) >= 11 is 6.37. The molecule has 0 fully saturated rings. The quantitative estimate of drug-likeness (QED) is 0.656. The van der Waals surface area contributed by atoms with Crippen molar-refractivity contribution in [3.05, 3.63) is 34.4 Å². The second-order valence-corrected chi connectivity index (χ2v) is 5.83. The Kier molecular flexibility index (Phi) is 4.95. The van der Waals surface area contributed by atoms with Gasteiger partial charge in [-0.2, -0.15) is 0 Å². The SMILES string of the molecule is C/C=C(\CC)CN1Cc2c(Cl)ccc(N)c2NC[C@@H]1C. The summed E-state index contributed by atoms with van der Waals surface area (Å²) in [6, 6.07) is 4.21. The molecule has 0 radical (unpaired) electrons. The molecule has 20 heavy (non-hydrogen) atoms. The van der Waals surface area contributed by atoms with Gasteiger partial charge in [0.25, 0.3) is 0 Å². The van der Waals surface area contributed by atoms with Crippen molar-refractivity contribution in [3.63, 3.8) is 0 Å². The lowest BCUT2D eigenvalue weighted by Crippen LogP contribution is -2.36. The Morgan fingerprint density at radius 2 is 2.30 bits per heavy atom. The summed E-state index contributed by atoms with van der Waals surface area (Å²) in [5, 5.41) is 4.24. The van der Waals surface area contributed by atoms with Gasteiger partial charge in [-0.05, 0) is 32.4 Å². The summed E-state index contributed by atoms with van der Waals surface area (Å²) in [4.78, 5) is 2.46. The third kappa shape index (κ3) is 3.10. The van der Waals surface area contributed by atoms with Crippen LogP contribution in [0.3, 0.4) is 0 Å². The van der Waals surface area contributed by atoms with Crippen molar-refractivity contribution in [2.75, 3.05) is 24.1 Å². The number of nitrogens with zero attached hydrogens (tertiary/aromatic N) is 1. The van der Waals surface area contributed by atoms with Crippen LogP contribution < -0.4 is 11.1 Å². The summed E-state index contributed by atoms with van der Waals surface area (Å²) in [6.07, 6.45) is 3.30. The molecule has 0 saturated carbocycles. The van der Waals surface area contributed by atoms with Crippen LogP contribution in [0.4, 0.5) is 11.4 Å². The molecule has 0 bridgehead atoms. The summed E-state index contributed by atoms with van der Waals surface area (Å²) in [7, 11) is 0. The number of hydrogen-bond acceptors (Lipinski definition) is 3. The zero-order chi connectivity index (χ0) is 14.7. The fourth-order valence-electron chi connectivity index (χ4n) is 2.62. The third-order valence-corrected chi connectivity index (χ3v) is 4.47. The van der Waals surface area contributed by atoms with Crippen LogP contribution in [0.15, 0.2) is 23.8 Å². The van der Waals surface area contributed by atoms with E-state index in [1.807, 2.05) is 12.1 Å². The number of anilines is 2. The van der Waals surface area contributed by atoms with Crippen LogP contribution >= 0.6 is 11.6 Å². The van der Waals surface area contributed by atoms with E-state index in [9.17, 15) is 0 Å². The molecule has 1 atom stereocenters. The van der Waals surface area contributed by atoms with E-state index in [4.69, 9.17) is 17.3 Å². The summed E-state index contributed by atoms with van der Waals surface area (Å²) in [5.41, 5.74) is 10.4. The zero-order valence-electron chi connectivity index (χ0n) is 12.5. The molecule has 0 saturated heterocycles. The van der Waals surface area contributed by atoms with Gasteiger partial charge in [0, 0.05) is 36.3 Å². The molecular formula is C16H24ClN3. The number of allylic oxidation sites excluding steroid dienone is 1. The van der Waals surface area contributed by atoms with Crippen molar-refractivity contribution in [1.29, 1.82) is 0 Å². The van der Waals surface area contributed by atoms with E-state index in [2.05, 4.69) is 37.1 Å². The molecule has 1 heterocycles. The first-order chi connectivity index (χ1) is 9.56. The molecule has 4 heteroatoms. The van der Waals surface area contributed by atoms with Crippen LogP contribution in [0.25, 0.3) is 0 Å². The lowest BCUT2D eigenvalue weighted by atomic mass is 10.1. The average molecular weight is 294 g/mol. The minimum absolute atomic E-state index is 0.444. The molecule has 1 aromatic carbocycles. The maximum atomic E-state index is 6.37. The minimum atomic E-state index is 0.444. The first-order valence-electron chi connectivity index (χ1n) is 7.25. The number of hydrogen-bond donors (Lipinski definition) is 2. The van der Waals surface area contributed by atoms with Crippen molar-refractivity contribution in [1.82, 2.24) is 4.90 Å². The van der Waals surface area contributed by atoms with E-state index < -0.39 is 0 Å². The van der Waals surface area contributed by atoms with Crippen molar-refractivity contribution < 1.29 is 0 Å². The minimum Gasteiger partial charge on any atom is -0.397 e. The number of halogens is 1. The topological polar surface area (TPSA) is 41.3 Å². The molecule has 0 aromatic heterocycles. The molecule has 110 valence electrons. The van der Waals surface area contributed by atoms with Gasteiger partial charge in [-0.3, -0.25) is 4.90 Å². The molecule has 0 unspecified atom stereocenters. The molecule has 0 spiro atoms. The number of nitrogen functional groups attached to an aromatic ring is 1. The predicted octanol–water partition coefficient (Wildman–Crippen LogP) is 3.89. The van der Waals surface area contributed by atoms with E-state index in [1.54, 1.807) is 0 Å². The highest BCUT2D eigenvalue weighted by Gasteiger charge is 2.23. The summed E-state index contributed by atoms with van der Waals surface area (Å²) in [5.74, 6) is 0. The maximum absolute atomic E-state index is 6.37. The maximum Gasteiger partial charge on any atom is 0.0635 e. The number of rotatable bonds is 3. The predicted molar refractivity (Wildman–Crippen MR) is 88.3 cm³/mol. The second kappa shape index (κ2) is 6.51. The summed E-state index contributed by atoms with van der Waals surface area (Å²) < 4.78 is 0. The van der Waals surface area contributed by atoms with Crippen molar-refractivity contribution in [3.8, 4) is 0 Å². The fraction of sp³-hybridized carbons (Fsp3) is 0.500. The van der Waals surface area contributed by atoms with E-state index >= 15 is 0 Å². The lowest BCUT2D eigenvalue weighted by Gasteiger charge is -2.27. The number of nitrogens with two attached hydrogens (primary N) is 1. The first kappa shape index (κ1) is 15.2. The highest BCUT2D eigenvalue weighted by Crippen LogP contribution is 2.34. The Morgan fingerprint density at radius 1 is 1.55 bits per heavy atom. The Morgan fingerprint density at radius 3 is 2.95 bits per heavy atom. The molecule has 0 amide bonds. The largest absolute Gasteiger partial charge is 0.397 e. The fourth-order valence-corrected chi connectivity index (χ4v) is 2.84. The van der Waals surface area contributed by atoms with Crippen molar-refractivity contribution >= 4 is 23.0 Å². The van der Waals surface area contributed by atoms with Gasteiger partial charge >= 0.3 is 0 Å². The Bertz CT molecular complexity index is 511. The van der Waals surface area contributed by atoms with Gasteiger partial charge in [-0.1, -0.05) is 30.2 Å². The third-order valence-electron chi connectivity index (χ3n) is 4.12. The Balaban J connectivity index is 2.30. The molecule has 1 aliphatic heterocycles. The second-order valence-electron chi connectivity index (χ2n) is 5.43. The van der Waals surface area contributed by atoms with Gasteiger partial charge in [0.05, 0.1) is 11.4 Å². The lowest BCUT2D eigenvalue weighted by molar-refractivity contribution is 0.229. The number of benzene rings is 1. The average Bonchev–Trinajstić information content (AvgIpc) is 2.61. The van der Waals surface area contributed by atoms with Gasteiger partial charge in [0.2, 0.25) is 0 Å². The normalized spacial score (nSPS) is 20.2. The first-order valence-corrected chi connectivity index (χ1v) is 7.63. The van der Waals surface area contributed by atoms with Gasteiger partial charge in [-0.15, -0.1) is 0 Å². The molecule has 1 aromatic rings. The van der Waals surface area contributed by atoms with E-state index in [0.29, 0.717) is 6.04 Å². The van der Waals surface area contributed by atoms with E-state index in [1.165, 1.54) is 5.57 Å². The van der Waals surface area contributed by atoms with Gasteiger partial charge in [-0.25, -0.2) is 0 Å². The van der Waals surface area contributed by atoms with Crippen LogP contribution in [-0.2, 0) is 6.54 Å². The van der Waals surface area contributed by atoms with Crippen LogP contribution in [0, 0.1) is 0 Å². The van der Waals surface area contributed by atoms with E-state index in [0.717, 1.165) is 48.0 Å². The highest BCUT2D eigenvalue weighted by molar-refractivity contribution is 6.32. The Labute approximate surface area is 126 Å². The number of nitrogens with one attached hydrogen (secondary N) is 1. The summed E-state index contributed by atoms with van der Waals surface area (Å²) in [6.45, 7) is 9.27. The van der Waals surface area contributed by atoms with Crippen molar-refractivity contribution in [2.45, 2.75) is 39.8 Å². The molecular weight excluding hydrogens is 270 g/mol. The van der Waals surface area contributed by atoms with Crippen molar-refractivity contribution in [2.24, 2.45) is 0 Å². The Hall–Kier alpha value is -1.19. The molecule has 2 rings (SSSR count). The van der Waals surface area contributed by atoms with Gasteiger partial charge < -0.3 is 11.1 Å². The molecule has 3 N–H and O–H groups in total. The van der Waals surface area contributed by atoms with Gasteiger partial charge in [0.1, 0.15) is 0 Å². The monoisotopic (exact) mass is 293 g/mol. The molecule has 3 nitrogen and oxygen atoms in total.